The number of rotatable bonds is 7. The molecule has 25 heavy (non-hydrogen) atoms. The second-order valence-electron chi connectivity index (χ2n) is 6.47. The zero-order chi connectivity index (χ0) is 18.4. The summed E-state index contributed by atoms with van der Waals surface area (Å²) < 4.78 is 1.34. The van der Waals surface area contributed by atoms with Crippen LogP contribution in [-0.2, 0) is 11.3 Å². The number of aromatic nitrogens is 2. The molecule has 1 heterocycles. The minimum absolute atomic E-state index is 0.0754. The molecule has 7 nitrogen and oxygen atoms in total. The van der Waals surface area contributed by atoms with Crippen molar-refractivity contribution in [2.75, 3.05) is 17.2 Å². The molecular weight excluding hydrogens is 320 g/mol. The summed E-state index contributed by atoms with van der Waals surface area (Å²) in [6, 6.07) is 0. The van der Waals surface area contributed by atoms with Crippen molar-refractivity contribution >= 4 is 17.4 Å². The Morgan fingerprint density at radius 3 is 2.68 bits per heavy atom. The van der Waals surface area contributed by atoms with Gasteiger partial charge in [-0.3, -0.25) is 19.1 Å². The molecule has 138 valence electrons. The fourth-order valence-corrected chi connectivity index (χ4v) is 3.17. The van der Waals surface area contributed by atoms with E-state index in [2.05, 4.69) is 11.1 Å². The summed E-state index contributed by atoms with van der Waals surface area (Å²) in [7, 11) is 0. The molecule has 0 radical (unpaired) electrons. The molecule has 0 spiro atoms. The van der Waals surface area contributed by atoms with Crippen molar-refractivity contribution < 1.29 is 4.79 Å². The second kappa shape index (κ2) is 8.69. The number of anilines is 2. The van der Waals surface area contributed by atoms with Gasteiger partial charge < -0.3 is 10.6 Å². The number of nitrogen functional groups attached to an aromatic ring is 1. The molecule has 1 aliphatic rings. The van der Waals surface area contributed by atoms with E-state index in [4.69, 9.17) is 5.73 Å². The zero-order valence-electron chi connectivity index (χ0n) is 15.1. The molecule has 0 saturated carbocycles. The van der Waals surface area contributed by atoms with Gasteiger partial charge >= 0.3 is 5.69 Å². The number of carbonyl (C=O) groups is 1. The van der Waals surface area contributed by atoms with Crippen LogP contribution >= 0.6 is 0 Å². The van der Waals surface area contributed by atoms with E-state index < -0.39 is 11.2 Å². The summed E-state index contributed by atoms with van der Waals surface area (Å²) in [5, 5.41) is 0. The summed E-state index contributed by atoms with van der Waals surface area (Å²) >= 11 is 0. The summed E-state index contributed by atoms with van der Waals surface area (Å²) in [4.78, 5) is 41.3. The number of nitrogens with one attached hydrogen (secondary N) is 1. The highest BCUT2D eigenvalue weighted by molar-refractivity contribution is 5.97. The normalized spacial score (nSPS) is 16.8. The Bertz CT molecular complexity index is 748. The van der Waals surface area contributed by atoms with Gasteiger partial charge in [0.05, 0.1) is 0 Å². The molecule has 3 N–H and O–H groups in total. The van der Waals surface area contributed by atoms with Crippen molar-refractivity contribution in [2.45, 2.75) is 58.9 Å². The van der Waals surface area contributed by atoms with Crippen molar-refractivity contribution in [3.63, 3.8) is 0 Å². The quantitative estimate of drug-likeness (QED) is 0.736. The lowest BCUT2D eigenvalue weighted by molar-refractivity contribution is -0.122. The van der Waals surface area contributed by atoms with Crippen LogP contribution in [-0.4, -0.2) is 22.0 Å². The summed E-state index contributed by atoms with van der Waals surface area (Å²) in [5.41, 5.74) is 5.14. The lowest BCUT2D eigenvalue weighted by atomic mass is 9.93. The van der Waals surface area contributed by atoms with E-state index in [0.717, 1.165) is 25.7 Å². The Morgan fingerprint density at radius 1 is 1.32 bits per heavy atom. The first-order valence-corrected chi connectivity index (χ1v) is 9.10. The van der Waals surface area contributed by atoms with E-state index in [0.29, 0.717) is 25.9 Å². The average Bonchev–Trinajstić information content (AvgIpc) is 2.61. The number of nitrogens with zero attached hydrogens (tertiary/aromatic N) is 2. The van der Waals surface area contributed by atoms with Crippen LogP contribution in [0.4, 0.5) is 11.5 Å². The summed E-state index contributed by atoms with van der Waals surface area (Å²) in [6.45, 7) is 4.77. The lowest BCUT2D eigenvalue weighted by Crippen LogP contribution is -2.44. The molecule has 0 saturated heterocycles. The van der Waals surface area contributed by atoms with Gasteiger partial charge in [-0.2, -0.15) is 0 Å². The van der Waals surface area contributed by atoms with E-state index >= 15 is 0 Å². The summed E-state index contributed by atoms with van der Waals surface area (Å²) in [5.74, 6) is -0.157. The third kappa shape index (κ3) is 4.21. The molecule has 0 aromatic carbocycles. The van der Waals surface area contributed by atoms with Gasteiger partial charge in [-0.25, -0.2) is 4.79 Å². The van der Waals surface area contributed by atoms with E-state index in [9.17, 15) is 14.4 Å². The Morgan fingerprint density at radius 2 is 2.08 bits per heavy atom. The van der Waals surface area contributed by atoms with Gasteiger partial charge in [-0.15, -0.1) is 0 Å². The monoisotopic (exact) mass is 348 g/mol. The van der Waals surface area contributed by atoms with Crippen LogP contribution in [0.3, 0.4) is 0 Å². The zero-order valence-corrected chi connectivity index (χ0v) is 15.1. The van der Waals surface area contributed by atoms with Gasteiger partial charge in [0, 0.05) is 19.0 Å². The smallest absolute Gasteiger partial charge is 0.330 e. The number of amides is 1. The number of hydrogen-bond acceptors (Lipinski definition) is 4. The number of allylic oxidation sites excluding steroid dienone is 2. The maximum Gasteiger partial charge on any atom is 0.330 e. The molecular formula is C18H28N4O3. The molecule has 0 fully saturated rings. The molecule has 1 amide bonds. The van der Waals surface area contributed by atoms with Crippen LogP contribution < -0.4 is 21.9 Å². The second-order valence-corrected chi connectivity index (χ2v) is 6.47. The third-order valence-electron chi connectivity index (χ3n) is 4.55. The first kappa shape index (κ1) is 19.0. The Kier molecular flexibility index (Phi) is 6.61. The van der Waals surface area contributed by atoms with Crippen molar-refractivity contribution in [3.05, 3.63) is 33.0 Å². The Balaban J connectivity index is 2.48. The number of unbranched alkanes of at least 4 members (excludes halogenated alkanes) is 1. The highest BCUT2D eigenvalue weighted by atomic mass is 16.2. The number of H-pyrrole nitrogens is 1. The van der Waals surface area contributed by atoms with E-state index in [-0.39, 0.29) is 23.3 Å². The number of hydrogen-bond donors (Lipinski definition) is 2. The number of nitrogens with two attached hydrogens (primary N) is 1. The fraction of sp³-hybridized carbons (Fsp3) is 0.611. The van der Waals surface area contributed by atoms with Gasteiger partial charge in [0.2, 0.25) is 5.91 Å². The average molecular weight is 348 g/mol. The maximum absolute atomic E-state index is 13.1. The third-order valence-corrected chi connectivity index (χ3v) is 4.55. The van der Waals surface area contributed by atoms with Gasteiger partial charge in [0.1, 0.15) is 5.82 Å². The SMILES string of the molecule is CCCCN(C(=O)C1CC=CCC1)c1c(N)n(CCC)c(=O)[nH]c1=O. The maximum atomic E-state index is 13.1. The predicted molar refractivity (Wildman–Crippen MR) is 99.8 cm³/mol. The van der Waals surface area contributed by atoms with Crippen molar-refractivity contribution in [3.8, 4) is 0 Å². The minimum atomic E-state index is -0.592. The predicted octanol–water partition coefficient (Wildman–Crippen LogP) is 2.02. The van der Waals surface area contributed by atoms with Crippen molar-refractivity contribution in [1.29, 1.82) is 0 Å². The van der Waals surface area contributed by atoms with Gasteiger partial charge in [-0.05, 0) is 32.1 Å². The first-order valence-electron chi connectivity index (χ1n) is 9.10. The van der Waals surface area contributed by atoms with Crippen LogP contribution in [0, 0.1) is 5.92 Å². The Hall–Kier alpha value is -2.31. The van der Waals surface area contributed by atoms with Crippen LogP contribution in [0.1, 0.15) is 52.4 Å². The molecule has 1 aromatic rings. The standard InChI is InChI=1S/C18H28N4O3/c1-3-5-12-21(17(24)13-9-7-6-8-10-13)14-15(19)22(11-4-2)18(25)20-16(14)23/h6-7,13H,3-5,8-12,19H2,1-2H3,(H,20,23,25). The van der Waals surface area contributed by atoms with Crippen molar-refractivity contribution in [1.82, 2.24) is 9.55 Å². The molecule has 1 aliphatic carbocycles. The molecule has 0 bridgehead atoms. The van der Waals surface area contributed by atoms with Crippen LogP contribution in [0.15, 0.2) is 21.7 Å². The lowest BCUT2D eigenvalue weighted by Gasteiger charge is -2.28. The van der Waals surface area contributed by atoms with Crippen LogP contribution in [0.25, 0.3) is 0 Å². The molecule has 7 heteroatoms. The molecule has 2 rings (SSSR count). The van der Waals surface area contributed by atoms with Crippen molar-refractivity contribution in [2.24, 2.45) is 5.92 Å². The highest BCUT2D eigenvalue weighted by Gasteiger charge is 2.29. The topological polar surface area (TPSA) is 101 Å². The van der Waals surface area contributed by atoms with Gasteiger partial charge in [0.25, 0.3) is 5.56 Å². The number of aromatic amines is 1. The van der Waals surface area contributed by atoms with E-state index in [1.54, 1.807) is 0 Å². The van der Waals surface area contributed by atoms with Crippen LogP contribution in [0.5, 0.6) is 0 Å². The van der Waals surface area contributed by atoms with Gasteiger partial charge in [-0.1, -0.05) is 32.4 Å². The number of carbonyl (C=O) groups excluding carboxylic acids is 1. The van der Waals surface area contributed by atoms with Gasteiger partial charge in [0.15, 0.2) is 5.69 Å². The van der Waals surface area contributed by atoms with Crippen LogP contribution in [0.2, 0.25) is 0 Å². The largest absolute Gasteiger partial charge is 0.383 e. The summed E-state index contributed by atoms with van der Waals surface area (Å²) in [6.07, 6.45) is 8.74. The highest BCUT2D eigenvalue weighted by Crippen LogP contribution is 2.25. The molecule has 0 aliphatic heterocycles. The van der Waals surface area contributed by atoms with E-state index in [1.807, 2.05) is 19.9 Å². The molecule has 1 unspecified atom stereocenters. The fourth-order valence-electron chi connectivity index (χ4n) is 3.17. The first-order chi connectivity index (χ1) is 12.0. The minimum Gasteiger partial charge on any atom is -0.383 e. The Labute approximate surface area is 147 Å². The molecule has 1 atom stereocenters. The van der Waals surface area contributed by atoms with E-state index in [1.165, 1.54) is 9.47 Å². The molecule has 1 aromatic heterocycles.